The predicted molar refractivity (Wildman–Crippen MR) is 94.6 cm³/mol. The third-order valence-electron chi connectivity index (χ3n) is 4.02. The zero-order chi connectivity index (χ0) is 15.2. The Kier molecular flexibility index (Phi) is 15.8. The quantitative estimate of drug-likeness (QED) is 0.297. The Bertz CT molecular complexity index is 343. The summed E-state index contributed by atoms with van der Waals surface area (Å²) in [5.74, 6) is 1.05. The van der Waals surface area contributed by atoms with Crippen LogP contribution >= 0.6 is 12.6 Å². The number of nitrogens with two attached hydrogens (primary N) is 1. The van der Waals surface area contributed by atoms with E-state index in [2.05, 4.69) is 41.7 Å². The van der Waals surface area contributed by atoms with E-state index >= 15 is 0 Å². The molecule has 22 heavy (non-hydrogen) atoms. The minimum atomic E-state index is 0. The molecule has 1 rings (SSSR count). The van der Waals surface area contributed by atoms with Crippen LogP contribution < -0.4 is 27.3 Å². The first kappa shape index (κ1) is 21.9. The Balaban J connectivity index is 0.00000441. The maximum Gasteiger partial charge on any atom is 0.169 e. The van der Waals surface area contributed by atoms with Gasteiger partial charge >= 0.3 is 0 Å². The topological polar surface area (TPSA) is 29.9 Å². The molecule has 0 amide bonds. The van der Waals surface area contributed by atoms with Crippen molar-refractivity contribution in [3.8, 4) is 0 Å². The van der Waals surface area contributed by atoms with Gasteiger partial charge in [-0.1, -0.05) is 44.9 Å². The third-order valence-corrected chi connectivity index (χ3v) is 4.34. The zero-order valence-electron chi connectivity index (χ0n) is 13.9. The molecule has 0 aliphatic carbocycles. The van der Waals surface area contributed by atoms with E-state index in [4.69, 9.17) is 5.73 Å². The molecule has 0 saturated heterocycles. The molecule has 4 heteroatoms. The summed E-state index contributed by atoms with van der Waals surface area (Å²) in [7, 11) is 0. The van der Waals surface area contributed by atoms with Crippen LogP contribution in [-0.4, -0.2) is 5.75 Å². The molecule has 1 aromatic rings. The van der Waals surface area contributed by atoms with E-state index in [1.807, 2.05) is 0 Å². The number of rotatable bonds is 13. The predicted octanol–water partition coefficient (Wildman–Crippen LogP) is 1.27. The molecule has 1 aromatic heterocycles. The van der Waals surface area contributed by atoms with Crippen LogP contribution in [0.2, 0.25) is 0 Å². The van der Waals surface area contributed by atoms with Gasteiger partial charge in [0, 0.05) is 25.1 Å². The molecule has 1 heterocycles. The molecule has 0 bridgehead atoms. The molecule has 0 radical (unpaired) electrons. The number of aromatic nitrogens is 1. The first-order valence-electron chi connectivity index (χ1n) is 8.65. The molecule has 0 atom stereocenters. The zero-order valence-corrected chi connectivity index (χ0v) is 16.3. The summed E-state index contributed by atoms with van der Waals surface area (Å²) in [5, 5.41) is 0. The molecule has 2 N–H and O–H groups in total. The highest BCUT2D eigenvalue weighted by atomic mass is 79.9. The molecule has 0 fully saturated rings. The summed E-state index contributed by atoms with van der Waals surface area (Å²) in [6.45, 7) is 1.77. The van der Waals surface area contributed by atoms with Gasteiger partial charge in [-0.15, -0.1) is 0 Å². The van der Waals surface area contributed by atoms with Gasteiger partial charge in [0.25, 0.3) is 0 Å². The van der Waals surface area contributed by atoms with E-state index in [1.54, 1.807) is 0 Å². The Morgan fingerprint density at radius 3 is 1.68 bits per heavy atom. The van der Waals surface area contributed by atoms with Crippen LogP contribution in [0, 0.1) is 0 Å². The fourth-order valence-electron chi connectivity index (χ4n) is 2.59. The smallest absolute Gasteiger partial charge is 0.169 e. The number of halogens is 1. The molecule has 2 nitrogen and oxygen atoms in total. The summed E-state index contributed by atoms with van der Waals surface area (Å²) in [5.41, 5.74) is 6.81. The van der Waals surface area contributed by atoms with Crippen LogP contribution in [-0.2, 0) is 13.1 Å². The Morgan fingerprint density at radius 2 is 1.23 bits per heavy atom. The van der Waals surface area contributed by atoms with Crippen molar-refractivity contribution in [1.82, 2.24) is 0 Å². The second-order valence-electron chi connectivity index (χ2n) is 5.91. The number of hydrogen-bond acceptors (Lipinski definition) is 2. The van der Waals surface area contributed by atoms with E-state index < -0.39 is 0 Å². The molecular formula is C18H33BrN2S. The highest BCUT2D eigenvalue weighted by molar-refractivity contribution is 7.80. The van der Waals surface area contributed by atoms with E-state index in [9.17, 15) is 0 Å². The number of aryl methyl sites for hydroxylation is 1. The molecule has 0 unspecified atom stereocenters. The normalized spacial score (nSPS) is 10.5. The van der Waals surface area contributed by atoms with Crippen LogP contribution in [0.3, 0.4) is 0 Å². The largest absolute Gasteiger partial charge is 1.00 e. The van der Waals surface area contributed by atoms with E-state index in [0.29, 0.717) is 6.54 Å². The Morgan fingerprint density at radius 1 is 0.773 bits per heavy atom. The Hall–Kier alpha value is -0.0600. The number of unbranched alkanes of at least 4 members (excludes halogenated alkanes) is 9. The highest BCUT2D eigenvalue weighted by Gasteiger charge is 2.00. The van der Waals surface area contributed by atoms with Gasteiger partial charge in [0.15, 0.2) is 12.4 Å². The van der Waals surface area contributed by atoms with Gasteiger partial charge in [0.1, 0.15) is 6.54 Å². The molecule has 0 aliphatic rings. The summed E-state index contributed by atoms with van der Waals surface area (Å²) in [4.78, 5) is 0. The number of nitrogens with zero attached hydrogens (tertiary/aromatic N) is 1. The van der Waals surface area contributed by atoms with Crippen molar-refractivity contribution in [3.63, 3.8) is 0 Å². The lowest BCUT2D eigenvalue weighted by atomic mass is 10.1. The SMILES string of the molecule is NCc1cc[n+](CCCCCCCCCCCCS)cc1.[Br-]. The van der Waals surface area contributed by atoms with Gasteiger partial charge < -0.3 is 22.7 Å². The second kappa shape index (κ2) is 15.8. The minimum absolute atomic E-state index is 0. The summed E-state index contributed by atoms with van der Waals surface area (Å²) in [6, 6.07) is 4.24. The van der Waals surface area contributed by atoms with Crippen molar-refractivity contribution in [2.45, 2.75) is 77.3 Å². The molecule has 0 saturated carbocycles. The van der Waals surface area contributed by atoms with Crippen molar-refractivity contribution >= 4 is 12.6 Å². The van der Waals surface area contributed by atoms with Gasteiger partial charge in [-0.25, -0.2) is 4.57 Å². The fraction of sp³-hybridized carbons (Fsp3) is 0.722. The molecule has 128 valence electrons. The van der Waals surface area contributed by atoms with Crippen molar-refractivity contribution in [3.05, 3.63) is 30.1 Å². The molecule has 0 aromatic carbocycles. The van der Waals surface area contributed by atoms with Gasteiger partial charge in [-0.3, -0.25) is 0 Å². The van der Waals surface area contributed by atoms with Crippen molar-refractivity contribution in [1.29, 1.82) is 0 Å². The average Bonchev–Trinajstić information content (AvgIpc) is 2.53. The van der Waals surface area contributed by atoms with Crippen LogP contribution in [0.15, 0.2) is 24.5 Å². The number of thiol groups is 1. The van der Waals surface area contributed by atoms with E-state index in [0.717, 1.165) is 12.3 Å². The van der Waals surface area contributed by atoms with Crippen molar-refractivity contribution in [2.24, 2.45) is 5.73 Å². The van der Waals surface area contributed by atoms with Crippen LogP contribution in [0.4, 0.5) is 0 Å². The minimum Gasteiger partial charge on any atom is -1.00 e. The summed E-state index contributed by atoms with van der Waals surface area (Å²) in [6.07, 6.45) is 18.0. The summed E-state index contributed by atoms with van der Waals surface area (Å²) >= 11 is 4.24. The second-order valence-corrected chi connectivity index (χ2v) is 6.35. The van der Waals surface area contributed by atoms with Crippen LogP contribution in [0.25, 0.3) is 0 Å². The number of hydrogen-bond donors (Lipinski definition) is 2. The molecule has 0 spiro atoms. The first-order chi connectivity index (χ1) is 10.4. The maximum absolute atomic E-state index is 5.60. The lowest BCUT2D eigenvalue weighted by molar-refractivity contribution is -0.697. The van der Waals surface area contributed by atoms with Gasteiger partial charge in [0.2, 0.25) is 0 Å². The molecular weight excluding hydrogens is 356 g/mol. The molecule has 0 aliphatic heterocycles. The first-order valence-corrected chi connectivity index (χ1v) is 9.29. The standard InChI is InChI=1S/C18H32N2S.BrH/c19-17-18-11-14-20(15-12-18)13-9-7-5-3-1-2-4-6-8-10-16-21;/h11-12,14-15H,1-10,13,16-17,19H2;1H. The average molecular weight is 389 g/mol. The highest BCUT2D eigenvalue weighted by Crippen LogP contribution is 2.10. The maximum atomic E-state index is 5.60. The number of pyridine rings is 1. The van der Waals surface area contributed by atoms with E-state index in [1.165, 1.54) is 69.8 Å². The van der Waals surface area contributed by atoms with Gasteiger partial charge in [-0.05, 0) is 24.2 Å². The van der Waals surface area contributed by atoms with Gasteiger partial charge in [-0.2, -0.15) is 12.6 Å². The fourth-order valence-corrected chi connectivity index (χ4v) is 2.82. The lowest BCUT2D eigenvalue weighted by Crippen LogP contribution is -3.00. The lowest BCUT2D eigenvalue weighted by Gasteiger charge is -2.02. The third kappa shape index (κ3) is 11.5. The monoisotopic (exact) mass is 388 g/mol. The summed E-state index contributed by atoms with van der Waals surface area (Å²) < 4.78 is 2.26. The van der Waals surface area contributed by atoms with Crippen LogP contribution in [0.5, 0.6) is 0 Å². The van der Waals surface area contributed by atoms with Gasteiger partial charge in [0.05, 0.1) is 0 Å². The van der Waals surface area contributed by atoms with Crippen LogP contribution in [0.1, 0.15) is 69.8 Å². The van der Waals surface area contributed by atoms with Crippen molar-refractivity contribution < 1.29 is 21.5 Å². The van der Waals surface area contributed by atoms with Crippen molar-refractivity contribution in [2.75, 3.05) is 5.75 Å². The Labute approximate surface area is 153 Å². The van der Waals surface area contributed by atoms with E-state index in [-0.39, 0.29) is 17.0 Å².